The van der Waals surface area contributed by atoms with Crippen LogP contribution in [0, 0.1) is 5.92 Å². The number of hydrogen-bond donors (Lipinski definition) is 1. The second-order valence-corrected chi connectivity index (χ2v) is 5.42. The minimum absolute atomic E-state index is 0.334. The van der Waals surface area contributed by atoms with E-state index in [9.17, 15) is 0 Å². The van der Waals surface area contributed by atoms with Crippen LogP contribution in [0.25, 0.3) is 0 Å². The molecule has 17 heavy (non-hydrogen) atoms. The molecule has 2 unspecified atom stereocenters. The van der Waals surface area contributed by atoms with Crippen LogP contribution in [-0.2, 0) is 20.0 Å². The molecule has 4 heteroatoms. The zero-order valence-corrected chi connectivity index (χ0v) is 11.2. The fourth-order valence-corrected chi connectivity index (χ4v) is 2.90. The molecule has 2 heterocycles. The number of piperidine rings is 1. The summed E-state index contributed by atoms with van der Waals surface area (Å²) in [7, 11) is 1.99. The molecule has 0 radical (unpaired) electrons. The van der Waals surface area contributed by atoms with Gasteiger partial charge in [0.05, 0.1) is 5.69 Å². The highest BCUT2D eigenvalue weighted by molar-refractivity contribution is 5.17. The lowest BCUT2D eigenvalue weighted by molar-refractivity contribution is 0.158. The summed E-state index contributed by atoms with van der Waals surface area (Å²) in [5.74, 6) is 0.709. The zero-order valence-electron chi connectivity index (χ0n) is 11.2. The summed E-state index contributed by atoms with van der Waals surface area (Å²) < 4.78 is 1.92. The highest BCUT2D eigenvalue weighted by Gasteiger charge is 2.23. The lowest BCUT2D eigenvalue weighted by Gasteiger charge is -2.34. The Balaban J connectivity index is 2.04. The summed E-state index contributed by atoms with van der Waals surface area (Å²) in [6.45, 7) is 7.62. The third kappa shape index (κ3) is 3.07. The van der Waals surface area contributed by atoms with Gasteiger partial charge in [-0.05, 0) is 18.8 Å². The van der Waals surface area contributed by atoms with Gasteiger partial charge in [0, 0.05) is 44.5 Å². The molecule has 0 aromatic carbocycles. The summed E-state index contributed by atoms with van der Waals surface area (Å²) >= 11 is 0. The topological polar surface area (TPSA) is 47.1 Å². The molecule has 1 aromatic heterocycles. The van der Waals surface area contributed by atoms with E-state index in [-0.39, 0.29) is 0 Å². The van der Waals surface area contributed by atoms with Crippen LogP contribution in [0.2, 0.25) is 0 Å². The van der Waals surface area contributed by atoms with Crippen LogP contribution in [0.4, 0.5) is 0 Å². The standard InChI is InChI=1S/C13H24N4/c1-4-13-11(7-16(3)15-13)8-17-6-10(2)5-12(14)9-17/h7,10,12H,4-6,8-9,14H2,1-3H3. The summed E-state index contributed by atoms with van der Waals surface area (Å²) in [6.07, 6.45) is 4.30. The number of hydrogen-bond acceptors (Lipinski definition) is 3. The second-order valence-electron chi connectivity index (χ2n) is 5.42. The molecule has 2 atom stereocenters. The average Bonchev–Trinajstić information content (AvgIpc) is 2.57. The minimum atomic E-state index is 0.334. The molecule has 0 amide bonds. The van der Waals surface area contributed by atoms with E-state index in [4.69, 9.17) is 5.73 Å². The quantitative estimate of drug-likeness (QED) is 0.856. The number of aromatic nitrogens is 2. The first-order valence-electron chi connectivity index (χ1n) is 6.57. The van der Waals surface area contributed by atoms with E-state index in [1.54, 1.807) is 0 Å². The molecule has 0 saturated carbocycles. The van der Waals surface area contributed by atoms with Gasteiger partial charge >= 0.3 is 0 Å². The summed E-state index contributed by atoms with van der Waals surface area (Å²) in [5.41, 5.74) is 8.66. The highest BCUT2D eigenvalue weighted by atomic mass is 15.3. The number of rotatable bonds is 3. The molecule has 0 bridgehead atoms. The van der Waals surface area contributed by atoms with Crippen LogP contribution in [0.3, 0.4) is 0 Å². The summed E-state index contributed by atoms with van der Waals surface area (Å²) in [6, 6.07) is 0.334. The van der Waals surface area contributed by atoms with Gasteiger partial charge in [-0.2, -0.15) is 5.10 Å². The van der Waals surface area contributed by atoms with Crippen molar-refractivity contribution in [1.29, 1.82) is 0 Å². The molecule has 1 aliphatic heterocycles. The van der Waals surface area contributed by atoms with Crippen LogP contribution in [0.5, 0.6) is 0 Å². The molecule has 2 N–H and O–H groups in total. The Morgan fingerprint density at radius 2 is 2.24 bits per heavy atom. The van der Waals surface area contributed by atoms with Crippen molar-refractivity contribution in [2.45, 2.75) is 39.3 Å². The van der Waals surface area contributed by atoms with Crippen LogP contribution < -0.4 is 5.73 Å². The van der Waals surface area contributed by atoms with Gasteiger partial charge in [0.2, 0.25) is 0 Å². The third-order valence-corrected chi connectivity index (χ3v) is 3.49. The molecule has 1 fully saturated rings. The number of likely N-dealkylation sites (tertiary alicyclic amines) is 1. The Hall–Kier alpha value is -0.870. The highest BCUT2D eigenvalue weighted by Crippen LogP contribution is 2.18. The van der Waals surface area contributed by atoms with Crippen molar-refractivity contribution < 1.29 is 0 Å². The van der Waals surface area contributed by atoms with Crippen molar-refractivity contribution in [3.05, 3.63) is 17.5 Å². The number of nitrogens with two attached hydrogens (primary N) is 1. The molecule has 0 spiro atoms. The largest absolute Gasteiger partial charge is 0.327 e. The van der Waals surface area contributed by atoms with Crippen molar-refractivity contribution in [2.75, 3.05) is 13.1 Å². The van der Waals surface area contributed by atoms with E-state index in [1.807, 2.05) is 11.7 Å². The molecule has 1 saturated heterocycles. The fourth-order valence-electron chi connectivity index (χ4n) is 2.90. The Bertz CT molecular complexity index is 361. The Labute approximate surface area is 104 Å². The van der Waals surface area contributed by atoms with Crippen LogP contribution in [0.1, 0.15) is 31.5 Å². The first-order valence-corrected chi connectivity index (χ1v) is 6.57. The SMILES string of the molecule is CCc1nn(C)cc1CN1CC(C)CC(N)C1. The van der Waals surface area contributed by atoms with Crippen molar-refractivity contribution in [3.8, 4) is 0 Å². The second kappa shape index (κ2) is 5.19. The lowest BCUT2D eigenvalue weighted by atomic mass is 9.96. The van der Waals surface area contributed by atoms with E-state index in [0.717, 1.165) is 32.5 Å². The van der Waals surface area contributed by atoms with Crippen molar-refractivity contribution in [2.24, 2.45) is 18.7 Å². The maximum atomic E-state index is 6.08. The lowest BCUT2D eigenvalue weighted by Crippen LogP contribution is -2.45. The summed E-state index contributed by atoms with van der Waals surface area (Å²) in [4.78, 5) is 2.47. The molecule has 4 nitrogen and oxygen atoms in total. The summed E-state index contributed by atoms with van der Waals surface area (Å²) in [5, 5.41) is 4.49. The predicted molar refractivity (Wildman–Crippen MR) is 69.6 cm³/mol. The smallest absolute Gasteiger partial charge is 0.0666 e. The number of aryl methyl sites for hydroxylation is 2. The number of nitrogens with zero attached hydrogens (tertiary/aromatic N) is 3. The van der Waals surface area contributed by atoms with Gasteiger partial charge in [-0.3, -0.25) is 9.58 Å². The van der Waals surface area contributed by atoms with Crippen molar-refractivity contribution in [1.82, 2.24) is 14.7 Å². The van der Waals surface area contributed by atoms with Crippen molar-refractivity contribution in [3.63, 3.8) is 0 Å². The minimum Gasteiger partial charge on any atom is -0.327 e. The molecular weight excluding hydrogens is 212 g/mol. The maximum Gasteiger partial charge on any atom is 0.0666 e. The van der Waals surface area contributed by atoms with E-state index >= 15 is 0 Å². The van der Waals surface area contributed by atoms with Crippen LogP contribution in [-0.4, -0.2) is 33.8 Å². The molecule has 2 rings (SSSR count). The van der Waals surface area contributed by atoms with Gasteiger partial charge in [0.15, 0.2) is 0 Å². The van der Waals surface area contributed by atoms with E-state index in [1.165, 1.54) is 11.3 Å². The van der Waals surface area contributed by atoms with Crippen molar-refractivity contribution >= 4 is 0 Å². The van der Waals surface area contributed by atoms with Crippen LogP contribution in [0.15, 0.2) is 6.20 Å². The zero-order chi connectivity index (χ0) is 12.4. The Morgan fingerprint density at radius 1 is 1.47 bits per heavy atom. The fraction of sp³-hybridized carbons (Fsp3) is 0.769. The van der Waals surface area contributed by atoms with Gasteiger partial charge in [-0.25, -0.2) is 0 Å². The van der Waals surface area contributed by atoms with Gasteiger partial charge in [0.1, 0.15) is 0 Å². The normalized spacial score (nSPS) is 26.4. The molecule has 0 aliphatic carbocycles. The molecule has 1 aromatic rings. The monoisotopic (exact) mass is 236 g/mol. The first kappa shape index (κ1) is 12.6. The Morgan fingerprint density at radius 3 is 2.88 bits per heavy atom. The van der Waals surface area contributed by atoms with E-state index in [2.05, 4.69) is 30.0 Å². The van der Waals surface area contributed by atoms with Gasteiger partial charge in [0.25, 0.3) is 0 Å². The average molecular weight is 236 g/mol. The van der Waals surface area contributed by atoms with Gasteiger partial charge in [-0.15, -0.1) is 0 Å². The van der Waals surface area contributed by atoms with E-state index in [0.29, 0.717) is 12.0 Å². The van der Waals surface area contributed by atoms with Gasteiger partial charge < -0.3 is 5.73 Å². The third-order valence-electron chi connectivity index (χ3n) is 3.49. The molecular formula is C13H24N4. The maximum absolute atomic E-state index is 6.08. The van der Waals surface area contributed by atoms with Crippen LogP contribution >= 0.6 is 0 Å². The first-order chi connectivity index (χ1) is 8.08. The van der Waals surface area contributed by atoms with E-state index < -0.39 is 0 Å². The van der Waals surface area contributed by atoms with Gasteiger partial charge in [-0.1, -0.05) is 13.8 Å². The molecule has 1 aliphatic rings. The Kier molecular flexibility index (Phi) is 3.84. The predicted octanol–water partition coefficient (Wildman–Crippen LogP) is 1.15. The molecule has 96 valence electrons.